The Balaban J connectivity index is 0.000000479. The number of halogens is 3. The minimum Gasteiger partial charge on any atom is -0.488 e. The summed E-state index contributed by atoms with van der Waals surface area (Å²) < 4.78 is 37.7. The molecule has 10 heteroatoms. The number of carboxylic acid groups (broad SMARTS) is 1. The molecule has 3 rings (SSSR count). The summed E-state index contributed by atoms with van der Waals surface area (Å²) in [6.45, 7) is 11.3. The molecular formula is C23H30F3N3O4. The predicted molar refractivity (Wildman–Crippen MR) is 118 cm³/mol. The molecule has 1 aliphatic rings. The number of aromatic nitrogens is 2. The number of anilines is 1. The molecule has 7 nitrogen and oxygen atoms in total. The van der Waals surface area contributed by atoms with Gasteiger partial charge in [-0.3, -0.25) is 0 Å². The molecule has 1 aromatic carbocycles. The Bertz CT molecular complexity index is 974. The molecule has 2 N–H and O–H groups in total. The largest absolute Gasteiger partial charge is 0.490 e. The summed E-state index contributed by atoms with van der Waals surface area (Å²) in [6, 6.07) is 6.31. The van der Waals surface area contributed by atoms with Gasteiger partial charge in [0.25, 0.3) is 0 Å². The van der Waals surface area contributed by atoms with Crippen molar-refractivity contribution in [3.8, 4) is 16.9 Å². The normalized spacial score (nSPS) is 16.3. The molecular weight excluding hydrogens is 439 g/mol. The first-order valence-electron chi connectivity index (χ1n) is 10.5. The molecule has 0 radical (unpaired) electrons. The minimum absolute atomic E-state index is 0.131. The van der Waals surface area contributed by atoms with Crippen LogP contribution < -0.4 is 9.64 Å². The van der Waals surface area contributed by atoms with Gasteiger partial charge in [-0.2, -0.15) is 13.2 Å². The van der Waals surface area contributed by atoms with Gasteiger partial charge in [0.05, 0.1) is 18.3 Å². The smallest absolute Gasteiger partial charge is 0.488 e. The fourth-order valence-electron chi connectivity index (χ4n) is 3.63. The van der Waals surface area contributed by atoms with E-state index in [0.717, 1.165) is 53.3 Å². The van der Waals surface area contributed by atoms with Crippen molar-refractivity contribution < 1.29 is 32.9 Å². The number of carbonyl (C=O) groups is 1. The molecule has 0 saturated carbocycles. The molecule has 1 unspecified atom stereocenters. The summed E-state index contributed by atoms with van der Waals surface area (Å²) in [5.74, 6) is -0.974. The third-order valence-electron chi connectivity index (χ3n) is 5.01. The van der Waals surface area contributed by atoms with Gasteiger partial charge in [-0.05, 0) is 70.7 Å². The molecule has 1 saturated heterocycles. The third kappa shape index (κ3) is 7.05. The highest BCUT2D eigenvalue weighted by Gasteiger charge is 2.38. The highest BCUT2D eigenvalue weighted by atomic mass is 19.4. The van der Waals surface area contributed by atoms with Crippen LogP contribution >= 0.6 is 0 Å². The summed E-state index contributed by atoms with van der Waals surface area (Å²) in [5.41, 5.74) is 4.02. The monoisotopic (exact) mass is 469 g/mol. The predicted octanol–water partition coefficient (Wildman–Crippen LogP) is 4.53. The van der Waals surface area contributed by atoms with Crippen LogP contribution in [0.4, 0.5) is 19.0 Å². The summed E-state index contributed by atoms with van der Waals surface area (Å²) >= 11 is 0. The number of aliphatic hydroxyl groups excluding tert-OH is 1. The Kier molecular flexibility index (Phi) is 8.29. The number of carboxylic acids is 1. The van der Waals surface area contributed by atoms with Crippen LogP contribution in [0.5, 0.6) is 5.75 Å². The quantitative estimate of drug-likeness (QED) is 0.679. The maximum absolute atomic E-state index is 10.6. The van der Waals surface area contributed by atoms with E-state index in [1.807, 2.05) is 33.8 Å². The van der Waals surface area contributed by atoms with Gasteiger partial charge < -0.3 is 19.8 Å². The maximum atomic E-state index is 10.6. The van der Waals surface area contributed by atoms with E-state index in [9.17, 15) is 18.3 Å². The number of aliphatic carboxylic acids is 1. The molecule has 2 aromatic rings. The van der Waals surface area contributed by atoms with Crippen molar-refractivity contribution in [2.75, 3.05) is 18.1 Å². The molecule has 1 fully saturated rings. The second-order valence-corrected chi connectivity index (χ2v) is 8.82. The molecule has 1 atom stereocenters. The highest BCUT2D eigenvalue weighted by molar-refractivity contribution is 5.80. The zero-order valence-corrected chi connectivity index (χ0v) is 19.4. The Hall–Kier alpha value is -2.88. The van der Waals surface area contributed by atoms with Gasteiger partial charge in [-0.1, -0.05) is 6.07 Å². The van der Waals surface area contributed by atoms with Gasteiger partial charge in [0, 0.05) is 12.1 Å². The van der Waals surface area contributed by atoms with Gasteiger partial charge in [-0.25, -0.2) is 14.8 Å². The average Bonchev–Trinajstić information content (AvgIpc) is 3.15. The van der Waals surface area contributed by atoms with Gasteiger partial charge in [0.15, 0.2) is 0 Å². The number of hydrogen-bond acceptors (Lipinski definition) is 6. The van der Waals surface area contributed by atoms with E-state index in [1.54, 1.807) is 6.33 Å². The molecule has 0 aliphatic carbocycles. The van der Waals surface area contributed by atoms with E-state index in [2.05, 4.69) is 33.9 Å². The van der Waals surface area contributed by atoms with Crippen LogP contribution in [-0.4, -0.2) is 57.1 Å². The van der Waals surface area contributed by atoms with Crippen molar-refractivity contribution in [3.05, 3.63) is 35.8 Å². The zero-order chi connectivity index (χ0) is 25.0. The van der Waals surface area contributed by atoms with Crippen LogP contribution in [0.2, 0.25) is 0 Å². The van der Waals surface area contributed by atoms with E-state index >= 15 is 0 Å². The van der Waals surface area contributed by atoms with Crippen molar-refractivity contribution >= 4 is 11.8 Å². The van der Waals surface area contributed by atoms with Crippen LogP contribution in [-0.2, 0) is 4.79 Å². The van der Waals surface area contributed by atoms with E-state index in [0.29, 0.717) is 0 Å². The summed E-state index contributed by atoms with van der Waals surface area (Å²) in [4.78, 5) is 20.1. The Morgan fingerprint density at radius 1 is 1.21 bits per heavy atom. The topological polar surface area (TPSA) is 95.8 Å². The number of alkyl halides is 3. The lowest BCUT2D eigenvalue weighted by Gasteiger charge is -2.27. The van der Waals surface area contributed by atoms with Gasteiger partial charge >= 0.3 is 12.1 Å². The molecule has 2 heterocycles. The Labute approximate surface area is 191 Å². The Morgan fingerprint density at radius 3 is 2.36 bits per heavy atom. The summed E-state index contributed by atoms with van der Waals surface area (Å²) in [6.07, 6.45) is -1.39. The molecule has 1 aromatic heterocycles. The lowest BCUT2D eigenvalue weighted by molar-refractivity contribution is -0.192. The number of hydrogen-bond donors (Lipinski definition) is 2. The molecule has 0 amide bonds. The second-order valence-electron chi connectivity index (χ2n) is 8.82. The molecule has 0 spiro atoms. The summed E-state index contributed by atoms with van der Waals surface area (Å²) in [7, 11) is 0. The van der Waals surface area contributed by atoms with Crippen LogP contribution in [0.3, 0.4) is 0 Å². The van der Waals surface area contributed by atoms with Crippen LogP contribution in [0, 0.1) is 13.8 Å². The lowest BCUT2D eigenvalue weighted by atomic mass is 9.98. The first kappa shape index (κ1) is 26.4. The van der Waals surface area contributed by atoms with Crippen molar-refractivity contribution in [1.29, 1.82) is 0 Å². The van der Waals surface area contributed by atoms with E-state index in [4.69, 9.17) is 14.6 Å². The van der Waals surface area contributed by atoms with Crippen molar-refractivity contribution in [2.45, 2.75) is 65.3 Å². The minimum atomic E-state index is -5.08. The van der Waals surface area contributed by atoms with Gasteiger partial charge in [0.1, 0.15) is 23.5 Å². The number of nitrogens with zero attached hydrogens (tertiary/aromatic N) is 3. The van der Waals surface area contributed by atoms with Crippen LogP contribution in [0.25, 0.3) is 11.1 Å². The molecule has 1 aliphatic heterocycles. The number of rotatable bonds is 4. The van der Waals surface area contributed by atoms with Crippen molar-refractivity contribution in [3.63, 3.8) is 0 Å². The summed E-state index contributed by atoms with van der Waals surface area (Å²) in [5, 5.41) is 16.9. The highest BCUT2D eigenvalue weighted by Crippen LogP contribution is 2.37. The zero-order valence-electron chi connectivity index (χ0n) is 19.4. The van der Waals surface area contributed by atoms with E-state index in [-0.39, 0.29) is 18.2 Å². The number of ether oxygens (including phenoxy) is 1. The number of aliphatic hydroxyl groups is 1. The fourth-order valence-corrected chi connectivity index (χ4v) is 3.63. The number of benzene rings is 1. The maximum Gasteiger partial charge on any atom is 0.490 e. The SMILES string of the molecule is Cc1cc(OC(C)(C)C)ccc1-c1c(C)ncnc1N1CCCC1CO.O=C(O)C(F)(F)F. The second kappa shape index (κ2) is 10.4. The average molecular weight is 470 g/mol. The lowest BCUT2D eigenvalue weighted by Crippen LogP contribution is -2.33. The first-order chi connectivity index (χ1) is 15.2. The molecule has 182 valence electrons. The van der Waals surface area contributed by atoms with Crippen LogP contribution in [0.1, 0.15) is 44.9 Å². The fraction of sp³-hybridized carbons (Fsp3) is 0.522. The van der Waals surface area contributed by atoms with Crippen molar-refractivity contribution in [1.82, 2.24) is 9.97 Å². The standard InChI is InChI=1S/C21H29N3O2.C2HF3O2/c1-14-11-17(26-21(3,4)5)8-9-18(14)19-15(2)22-13-23-20(19)24-10-6-7-16(24)12-25;3-2(4,5)1(6)7/h8-9,11,13,16,25H,6-7,10,12H2,1-5H3;(H,6,7). The van der Waals surface area contributed by atoms with Gasteiger partial charge in [-0.15, -0.1) is 0 Å². The molecule has 33 heavy (non-hydrogen) atoms. The van der Waals surface area contributed by atoms with Gasteiger partial charge in [0.2, 0.25) is 0 Å². The van der Waals surface area contributed by atoms with Crippen molar-refractivity contribution in [2.24, 2.45) is 0 Å². The van der Waals surface area contributed by atoms with E-state index in [1.165, 1.54) is 0 Å². The molecule has 0 bridgehead atoms. The van der Waals surface area contributed by atoms with E-state index < -0.39 is 12.1 Å². The number of aryl methyl sites for hydroxylation is 2. The Morgan fingerprint density at radius 2 is 1.85 bits per heavy atom. The van der Waals surface area contributed by atoms with Crippen LogP contribution in [0.15, 0.2) is 24.5 Å². The third-order valence-corrected chi connectivity index (χ3v) is 5.01. The first-order valence-corrected chi connectivity index (χ1v) is 10.5.